The molecule has 0 bridgehead atoms. The van der Waals surface area contributed by atoms with Gasteiger partial charge in [-0.2, -0.15) is 0 Å². The summed E-state index contributed by atoms with van der Waals surface area (Å²) in [5, 5.41) is 2.85. The molecule has 3 N–H and O–H groups in total. The van der Waals surface area contributed by atoms with E-state index in [1.165, 1.54) is 6.07 Å². The van der Waals surface area contributed by atoms with Crippen molar-refractivity contribution in [2.24, 2.45) is 17.6 Å². The van der Waals surface area contributed by atoms with Crippen LogP contribution in [0.3, 0.4) is 0 Å². The summed E-state index contributed by atoms with van der Waals surface area (Å²) < 4.78 is 14.3. The van der Waals surface area contributed by atoms with Crippen LogP contribution in [0.2, 0.25) is 0 Å². The van der Waals surface area contributed by atoms with Crippen LogP contribution in [0.5, 0.6) is 0 Å². The van der Waals surface area contributed by atoms with Crippen molar-refractivity contribution in [3.63, 3.8) is 0 Å². The third-order valence-corrected chi connectivity index (χ3v) is 4.99. The molecule has 1 aromatic carbocycles. The van der Waals surface area contributed by atoms with Gasteiger partial charge in [-0.25, -0.2) is 4.39 Å². The van der Waals surface area contributed by atoms with Crippen LogP contribution < -0.4 is 16.0 Å². The van der Waals surface area contributed by atoms with E-state index >= 15 is 0 Å². The number of anilines is 2. The Bertz CT molecular complexity index is 553. The summed E-state index contributed by atoms with van der Waals surface area (Å²) >= 11 is 0. The molecule has 2 aliphatic rings. The Labute approximate surface area is 155 Å². The summed E-state index contributed by atoms with van der Waals surface area (Å²) in [5.41, 5.74) is 6.88. The molecule has 2 atom stereocenters. The number of benzene rings is 1. The Morgan fingerprint density at radius 3 is 2.58 bits per heavy atom. The number of hydrogen-bond acceptors (Lipinski definition) is 3. The third-order valence-electron chi connectivity index (χ3n) is 4.99. The van der Waals surface area contributed by atoms with Gasteiger partial charge in [0.05, 0.1) is 5.69 Å². The lowest BCUT2D eigenvalue weighted by atomic mass is 9.95. The molecule has 0 aromatic heterocycles. The lowest BCUT2D eigenvalue weighted by Crippen LogP contribution is -2.31. The minimum Gasteiger partial charge on any atom is -0.370 e. The van der Waals surface area contributed by atoms with E-state index in [2.05, 4.69) is 10.2 Å². The van der Waals surface area contributed by atoms with Crippen molar-refractivity contribution in [3.8, 4) is 0 Å². The predicted octanol–water partition coefficient (Wildman–Crippen LogP) is 3.58. The summed E-state index contributed by atoms with van der Waals surface area (Å²) in [6.45, 7) is 2.36. The monoisotopic (exact) mass is 377 g/mol. The minimum absolute atomic E-state index is 0. The molecule has 7 heteroatoms. The van der Waals surface area contributed by atoms with Crippen LogP contribution in [0.25, 0.3) is 0 Å². The number of halogens is 3. The number of carbonyl (C=O) groups is 1. The molecule has 0 spiro atoms. The fourth-order valence-corrected chi connectivity index (χ4v) is 3.74. The van der Waals surface area contributed by atoms with Crippen molar-refractivity contribution >= 4 is 42.1 Å². The molecule has 3 rings (SSSR count). The quantitative estimate of drug-likeness (QED) is 0.842. The van der Waals surface area contributed by atoms with E-state index in [0.29, 0.717) is 12.2 Å². The standard InChI is InChI=1S/C17H24FN3O.2ClH/c18-14-7-4-8-15(21-9-1-2-10-21)16(14)20-17(22)13-6-3-5-12(13)11-19;;/h4,7-8,12-13H,1-3,5-6,9-11,19H2,(H,20,22);2*1H/t12-,13-;;/m1../s1. The Balaban J connectivity index is 0.00000144. The molecule has 1 aromatic rings. The molecule has 136 valence electrons. The van der Waals surface area contributed by atoms with Crippen LogP contribution in [0, 0.1) is 17.7 Å². The molecule has 1 aliphatic heterocycles. The lowest BCUT2D eigenvalue weighted by Gasteiger charge is -2.24. The van der Waals surface area contributed by atoms with Crippen LogP contribution in [0.1, 0.15) is 32.1 Å². The van der Waals surface area contributed by atoms with Gasteiger partial charge in [0.25, 0.3) is 0 Å². The van der Waals surface area contributed by atoms with E-state index in [4.69, 9.17) is 5.73 Å². The van der Waals surface area contributed by atoms with E-state index in [1.807, 2.05) is 6.07 Å². The maximum atomic E-state index is 14.3. The van der Waals surface area contributed by atoms with Crippen molar-refractivity contribution in [2.45, 2.75) is 32.1 Å². The number of para-hydroxylation sites is 1. The number of hydrogen-bond donors (Lipinski definition) is 2. The maximum Gasteiger partial charge on any atom is 0.227 e. The van der Waals surface area contributed by atoms with Crippen LogP contribution >= 0.6 is 24.8 Å². The summed E-state index contributed by atoms with van der Waals surface area (Å²) in [6.07, 6.45) is 5.09. The maximum absolute atomic E-state index is 14.3. The van der Waals surface area contributed by atoms with Gasteiger partial charge in [-0.3, -0.25) is 4.79 Å². The molecule has 4 nitrogen and oxygen atoms in total. The molecule has 1 saturated heterocycles. The largest absolute Gasteiger partial charge is 0.370 e. The number of carbonyl (C=O) groups excluding carboxylic acids is 1. The van der Waals surface area contributed by atoms with E-state index in [1.54, 1.807) is 6.07 Å². The molecule has 1 heterocycles. The highest BCUT2D eigenvalue weighted by atomic mass is 35.5. The highest BCUT2D eigenvalue weighted by Crippen LogP contribution is 2.35. The summed E-state index contributed by atoms with van der Waals surface area (Å²) in [4.78, 5) is 14.7. The van der Waals surface area contributed by atoms with Gasteiger partial charge in [0, 0.05) is 19.0 Å². The van der Waals surface area contributed by atoms with Crippen molar-refractivity contribution in [1.29, 1.82) is 0 Å². The van der Waals surface area contributed by atoms with Crippen molar-refractivity contribution < 1.29 is 9.18 Å². The highest BCUT2D eigenvalue weighted by Gasteiger charge is 2.33. The summed E-state index contributed by atoms with van der Waals surface area (Å²) in [7, 11) is 0. The lowest BCUT2D eigenvalue weighted by molar-refractivity contribution is -0.120. The first kappa shape index (κ1) is 21.0. The van der Waals surface area contributed by atoms with E-state index in [0.717, 1.165) is 50.9 Å². The molecule has 1 saturated carbocycles. The zero-order chi connectivity index (χ0) is 15.5. The Morgan fingerprint density at radius 1 is 1.21 bits per heavy atom. The van der Waals surface area contributed by atoms with Gasteiger partial charge in [-0.1, -0.05) is 12.5 Å². The summed E-state index contributed by atoms with van der Waals surface area (Å²) in [5.74, 6) is -0.309. The van der Waals surface area contributed by atoms with E-state index < -0.39 is 0 Å². The van der Waals surface area contributed by atoms with Gasteiger partial charge < -0.3 is 16.0 Å². The molecule has 1 amide bonds. The fraction of sp³-hybridized carbons (Fsp3) is 0.588. The molecule has 0 unspecified atom stereocenters. The van der Waals surface area contributed by atoms with Crippen LogP contribution in [0.15, 0.2) is 18.2 Å². The topological polar surface area (TPSA) is 58.4 Å². The number of amides is 1. The van der Waals surface area contributed by atoms with Gasteiger partial charge >= 0.3 is 0 Å². The van der Waals surface area contributed by atoms with Crippen LogP contribution in [-0.4, -0.2) is 25.5 Å². The summed E-state index contributed by atoms with van der Waals surface area (Å²) in [6, 6.07) is 5.00. The first-order chi connectivity index (χ1) is 10.7. The number of rotatable bonds is 4. The van der Waals surface area contributed by atoms with Gasteiger partial charge in [0.15, 0.2) is 0 Å². The van der Waals surface area contributed by atoms with Gasteiger partial charge in [-0.05, 0) is 50.3 Å². The first-order valence-electron chi connectivity index (χ1n) is 8.25. The molecule has 2 fully saturated rings. The number of nitrogens with one attached hydrogen (secondary N) is 1. The number of nitrogens with two attached hydrogens (primary N) is 1. The smallest absolute Gasteiger partial charge is 0.227 e. The van der Waals surface area contributed by atoms with Crippen molar-refractivity contribution in [1.82, 2.24) is 0 Å². The Kier molecular flexibility index (Phi) is 8.27. The van der Waals surface area contributed by atoms with Crippen LogP contribution in [0.4, 0.5) is 15.8 Å². The Morgan fingerprint density at radius 2 is 1.92 bits per heavy atom. The predicted molar refractivity (Wildman–Crippen MR) is 101 cm³/mol. The first-order valence-corrected chi connectivity index (χ1v) is 8.25. The van der Waals surface area contributed by atoms with Crippen LogP contribution in [-0.2, 0) is 4.79 Å². The normalized spacial score (nSPS) is 22.7. The zero-order valence-corrected chi connectivity index (χ0v) is 15.3. The molecular formula is C17H26Cl2FN3O. The molecule has 0 radical (unpaired) electrons. The van der Waals surface area contributed by atoms with E-state index in [9.17, 15) is 9.18 Å². The van der Waals surface area contributed by atoms with Crippen molar-refractivity contribution in [3.05, 3.63) is 24.0 Å². The second-order valence-corrected chi connectivity index (χ2v) is 6.35. The Hall–Kier alpha value is -1.04. The minimum atomic E-state index is -0.361. The average Bonchev–Trinajstić information content (AvgIpc) is 3.20. The average molecular weight is 378 g/mol. The fourth-order valence-electron chi connectivity index (χ4n) is 3.74. The second kappa shape index (κ2) is 9.44. The van der Waals surface area contributed by atoms with Crippen molar-refractivity contribution in [2.75, 3.05) is 29.9 Å². The molecule has 24 heavy (non-hydrogen) atoms. The van der Waals surface area contributed by atoms with Gasteiger partial charge in [-0.15, -0.1) is 24.8 Å². The molecule has 1 aliphatic carbocycles. The highest BCUT2D eigenvalue weighted by molar-refractivity contribution is 5.96. The van der Waals surface area contributed by atoms with E-state index in [-0.39, 0.29) is 48.4 Å². The van der Waals surface area contributed by atoms with Gasteiger partial charge in [0.1, 0.15) is 11.5 Å². The second-order valence-electron chi connectivity index (χ2n) is 6.35. The van der Waals surface area contributed by atoms with Gasteiger partial charge in [0.2, 0.25) is 5.91 Å². The number of nitrogens with zero attached hydrogens (tertiary/aromatic N) is 1. The molecular weight excluding hydrogens is 352 g/mol. The SMILES string of the molecule is Cl.Cl.NC[C@H]1CCC[C@H]1C(=O)Nc1c(F)cccc1N1CCCC1. The zero-order valence-electron chi connectivity index (χ0n) is 13.7. The third kappa shape index (κ3) is 4.32.